The van der Waals surface area contributed by atoms with Crippen LogP contribution in [0.25, 0.3) is 22.1 Å². The van der Waals surface area contributed by atoms with Gasteiger partial charge in [0.15, 0.2) is 0 Å². The van der Waals surface area contributed by atoms with Crippen molar-refractivity contribution in [1.29, 1.82) is 0 Å². The van der Waals surface area contributed by atoms with Gasteiger partial charge in [0.1, 0.15) is 11.3 Å². The molecule has 1 atom stereocenters. The lowest BCUT2D eigenvalue weighted by Crippen LogP contribution is -2.36. The Labute approximate surface area is 194 Å². The van der Waals surface area contributed by atoms with Gasteiger partial charge in [0.05, 0.1) is 23.1 Å². The molecular weight excluding hydrogens is 474 g/mol. The van der Waals surface area contributed by atoms with E-state index in [4.69, 9.17) is 9.15 Å². The largest absolute Gasteiger partial charge is 0.507 e. The molecular formula is C25H26BrNO5. The molecule has 3 aromatic rings. The molecule has 1 aromatic heterocycles. The summed E-state index contributed by atoms with van der Waals surface area (Å²) >= 11 is 3.39. The Morgan fingerprint density at radius 2 is 1.97 bits per heavy atom. The van der Waals surface area contributed by atoms with Gasteiger partial charge in [-0.15, -0.1) is 0 Å². The van der Waals surface area contributed by atoms with E-state index in [0.29, 0.717) is 29.1 Å². The molecule has 1 aliphatic heterocycles. The molecule has 0 radical (unpaired) electrons. The number of hydrogen-bond donors (Lipinski definition) is 1. The number of fused-ring (bicyclic) bond motifs is 1. The molecule has 1 aliphatic rings. The van der Waals surface area contributed by atoms with Crippen molar-refractivity contribution in [1.82, 2.24) is 4.90 Å². The van der Waals surface area contributed by atoms with Gasteiger partial charge < -0.3 is 14.3 Å². The number of phenolic OH excluding ortho intramolecular Hbond substituents is 1. The molecule has 0 aliphatic carbocycles. The number of likely N-dealkylation sites (tertiary alicyclic amines) is 1. The molecule has 0 saturated carbocycles. The van der Waals surface area contributed by atoms with Crippen LogP contribution in [-0.2, 0) is 11.3 Å². The predicted octanol–water partition coefficient (Wildman–Crippen LogP) is 5.48. The summed E-state index contributed by atoms with van der Waals surface area (Å²) in [6, 6.07) is 10.5. The van der Waals surface area contributed by atoms with Crippen LogP contribution in [0.5, 0.6) is 5.75 Å². The monoisotopic (exact) mass is 499 g/mol. The number of rotatable bonds is 5. The lowest BCUT2D eigenvalue weighted by atomic mass is 9.99. The molecule has 2 aromatic carbocycles. The van der Waals surface area contributed by atoms with Crippen molar-refractivity contribution in [3.8, 4) is 16.9 Å². The summed E-state index contributed by atoms with van der Waals surface area (Å²) < 4.78 is 12.1. The quantitative estimate of drug-likeness (QED) is 0.468. The van der Waals surface area contributed by atoms with E-state index in [9.17, 15) is 14.7 Å². The highest BCUT2D eigenvalue weighted by Gasteiger charge is 2.27. The lowest BCUT2D eigenvalue weighted by molar-refractivity contribution is 0.0491. The van der Waals surface area contributed by atoms with E-state index in [1.54, 1.807) is 37.3 Å². The highest BCUT2D eigenvalue weighted by Crippen LogP contribution is 2.33. The number of carbonyl (C=O) groups excluding carboxylic acids is 1. The van der Waals surface area contributed by atoms with E-state index >= 15 is 0 Å². The van der Waals surface area contributed by atoms with Crippen molar-refractivity contribution in [2.24, 2.45) is 0 Å². The first-order chi connectivity index (χ1) is 15.4. The maximum Gasteiger partial charge on any atom is 0.375 e. The lowest BCUT2D eigenvalue weighted by Gasteiger charge is -2.33. The minimum Gasteiger partial charge on any atom is -0.507 e. The number of halogens is 1. The Morgan fingerprint density at radius 3 is 2.66 bits per heavy atom. The van der Waals surface area contributed by atoms with Crippen LogP contribution in [0, 0.1) is 0 Å². The van der Waals surface area contributed by atoms with Gasteiger partial charge >= 0.3 is 5.97 Å². The van der Waals surface area contributed by atoms with Gasteiger partial charge in [-0.3, -0.25) is 9.69 Å². The second-order valence-electron chi connectivity index (χ2n) is 8.12. The van der Waals surface area contributed by atoms with Gasteiger partial charge in [0, 0.05) is 17.1 Å². The third-order valence-corrected chi connectivity index (χ3v) is 6.56. The second-order valence-corrected chi connectivity index (χ2v) is 9.03. The zero-order valence-electron chi connectivity index (χ0n) is 18.2. The molecule has 0 bridgehead atoms. The molecule has 0 spiro atoms. The van der Waals surface area contributed by atoms with Crippen molar-refractivity contribution in [3.05, 3.63) is 62.4 Å². The normalized spacial score (nSPS) is 16.9. The van der Waals surface area contributed by atoms with Crippen LogP contribution >= 0.6 is 15.9 Å². The van der Waals surface area contributed by atoms with Gasteiger partial charge in [0.25, 0.3) is 0 Å². The van der Waals surface area contributed by atoms with Gasteiger partial charge in [-0.2, -0.15) is 0 Å². The molecule has 32 heavy (non-hydrogen) atoms. The van der Waals surface area contributed by atoms with E-state index in [0.717, 1.165) is 23.9 Å². The molecule has 2 heterocycles. The molecule has 6 nitrogen and oxygen atoms in total. The minimum absolute atomic E-state index is 0.0459. The van der Waals surface area contributed by atoms with Crippen molar-refractivity contribution in [2.45, 2.75) is 45.7 Å². The van der Waals surface area contributed by atoms with Gasteiger partial charge in [-0.1, -0.05) is 34.5 Å². The highest BCUT2D eigenvalue weighted by atomic mass is 79.9. The van der Waals surface area contributed by atoms with E-state index in [1.165, 1.54) is 12.5 Å². The summed E-state index contributed by atoms with van der Waals surface area (Å²) in [7, 11) is 0. The van der Waals surface area contributed by atoms with Crippen LogP contribution in [-0.4, -0.2) is 35.2 Å². The van der Waals surface area contributed by atoms with Gasteiger partial charge in [0.2, 0.25) is 11.2 Å². The molecule has 4 rings (SSSR count). The molecule has 1 saturated heterocycles. The number of benzene rings is 2. The predicted molar refractivity (Wildman–Crippen MR) is 127 cm³/mol. The molecule has 0 amide bonds. The fraction of sp³-hybridized carbons (Fsp3) is 0.360. The van der Waals surface area contributed by atoms with Crippen LogP contribution in [0.2, 0.25) is 0 Å². The summed E-state index contributed by atoms with van der Waals surface area (Å²) in [5.41, 5.74) is 1.14. The first-order valence-corrected chi connectivity index (χ1v) is 11.7. The highest BCUT2D eigenvalue weighted by molar-refractivity contribution is 9.10. The van der Waals surface area contributed by atoms with E-state index in [-0.39, 0.29) is 34.7 Å². The summed E-state index contributed by atoms with van der Waals surface area (Å²) in [4.78, 5) is 28.7. The second kappa shape index (κ2) is 9.46. The number of carbonyl (C=O) groups is 1. The molecule has 1 fully saturated rings. The fourth-order valence-corrected chi connectivity index (χ4v) is 4.54. The van der Waals surface area contributed by atoms with E-state index < -0.39 is 5.97 Å². The summed E-state index contributed by atoms with van der Waals surface area (Å²) in [5, 5.41) is 11.0. The van der Waals surface area contributed by atoms with Crippen LogP contribution < -0.4 is 5.43 Å². The van der Waals surface area contributed by atoms with Crippen LogP contribution in [0.4, 0.5) is 0 Å². The first-order valence-electron chi connectivity index (χ1n) is 10.9. The van der Waals surface area contributed by atoms with Crippen LogP contribution in [0.3, 0.4) is 0 Å². The summed E-state index contributed by atoms with van der Waals surface area (Å²) in [6.07, 6.45) is 3.34. The smallest absolute Gasteiger partial charge is 0.375 e. The average molecular weight is 500 g/mol. The number of piperidine rings is 1. The Hall–Kier alpha value is -2.64. The Kier molecular flexibility index (Phi) is 6.67. The number of esters is 1. The Morgan fingerprint density at radius 1 is 1.22 bits per heavy atom. The Bertz CT molecular complexity index is 1200. The van der Waals surface area contributed by atoms with Crippen molar-refractivity contribution in [2.75, 3.05) is 13.2 Å². The molecule has 0 unspecified atom stereocenters. The average Bonchev–Trinajstić information content (AvgIpc) is 2.78. The van der Waals surface area contributed by atoms with Gasteiger partial charge in [-0.25, -0.2) is 4.79 Å². The number of hydrogen-bond acceptors (Lipinski definition) is 6. The van der Waals surface area contributed by atoms with Crippen LogP contribution in [0.1, 0.15) is 49.2 Å². The maximum atomic E-state index is 13.6. The molecule has 168 valence electrons. The van der Waals surface area contributed by atoms with Crippen molar-refractivity contribution in [3.63, 3.8) is 0 Å². The first kappa shape index (κ1) is 22.6. The third-order valence-electron chi connectivity index (χ3n) is 6.03. The van der Waals surface area contributed by atoms with Gasteiger partial charge in [-0.05, 0) is 63.1 Å². The number of aromatic hydroxyl groups is 1. The maximum absolute atomic E-state index is 13.6. The zero-order chi connectivity index (χ0) is 22.8. The number of ether oxygens (including phenoxy) is 1. The van der Waals surface area contributed by atoms with E-state index in [1.807, 2.05) is 0 Å². The van der Waals surface area contributed by atoms with Crippen molar-refractivity contribution < 1.29 is 19.1 Å². The Balaban J connectivity index is 1.94. The zero-order valence-corrected chi connectivity index (χ0v) is 19.8. The number of nitrogens with zero attached hydrogens (tertiary/aromatic N) is 1. The number of phenols is 1. The molecule has 1 N–H and O–H groups in total. The summed E-state index contributed by atoms with van der Waals surface area (Å²) in [5.74, 6) is -0.806. The summed E-state index contributed by atoms with van der Waals surface area (Å²) in [6.45, 7) is 5.35. The minimum atomic E-state index is -0.704. The van der Waals surface area contributed by atoms with E-state index in [2.05, 4.69) is 27.8 Å². The third kappa shape index (κ3) is 4.32. The topological polar surface area (TPSA) is 80.0 Å². The standard InChI is InChI=1S/C25H26BrNO5/c1-3-31-25(30)24-21(16-7-9-17(26)10-8-16)22(29)18-11-12-20(28)19(23(18)32-24)14-27-13-5-4-6-15(27)2/h7-12,15,28H,3-6,13-14H2,1-2H3/t15-/m0/s1. The SMILES string of the molecule is CCOC(=O)c1oc2c(CN3CCCC[C@@H]3C)c(O)ccc2c(=O)c1-c1ccc(Br)cc1. The van der Waals surface area contributed by atoms with Crippen LogP contribution in [0.15, 0.2) is 50.1 Å². The van der Waals surface area contributed by atoms with Crippen molar-refractivity contribution >= 4 is 32.9 Å². The fourth-order valence-electron chi connectivity index (χ4n) is 4.27. The molecule has 7 heteroatoms.